The molecule has 0 heterocycles. The number of hydrogen-bond donors (Lipinski definition) is 2. The number of ether oxygens (including phenoxy) is 2. The largest absolute Gasteiger partial charge is 0.493 e. The molecule has 0 saturated heterocycles. The van der Waals surface area contributed by atoms with Crippen LogP contribution in [0.2, 0.25) is 0 Å². The second kappa shape index (κ2) is 10.5. The van der Waals surface area contributed by atoms with Crippen LogP contribution in [0.15, 0.2) is 48.5 Å². The van der Waals surface area contributed by atoms with Gasteiger partial charge in [0, 0.05) is 29.8 Å². The van der Waals surface area contributed by atoms with Crippen LogP contribution in [0.4, 0.5) is 19.3 Å². The summed E-state index contributed by atoms with van der Waals surface area (Å²) in [5, 5.41) is 5.29. The summed E-state index contributed by atoms with van der Waals surface area (Å²) in [5.41, 5.74) is 1.56. The van der Waals surface area contributed by atoms with Gasteiger partial charge < -0.3 is 20.1 Å². The third kappa shape index (κ3) is 6.79. The smallest absolute Gasteiger partial charge is 0.387 e. The van der Waals surface area contributed by atoms with Crippen LogP contribution in [0.25, 0.3) is 0 Å². The van der Waals surface area contributed by atoms with Crippen LogP contribution < -0.4 is 20.1 Å². The molecule has 0 aliphatic carbocycles. The zero-order chi connectivity index (χ0) is 18.8. The van der Waals surface area contributed by atoms with E-state index in [0.717, 1.165) is 11.5 Å². The molecule has 2 aromatic carbocycles. The molecule has 0 radical (unpaired) electrons. The minimum atomic E-state index is -2.98. The lowest BCUT2D eigenvalue weighted by molar-refractivity contribution is -0.0511. The van der Waals surface area contributed by atoms with Gasteiger partial charge in [-0.1, -0.05) is 30.3 Å². The van der Waals surface area contributed by atoms with E-state index in [4.69, 9.17) is 4.74 Å². The Labute approximate surface area is 155 Å². The molecule has 0 spiro atoms. The van der Waals surface area contributed by atoms with Gasteiger partial charge in [0.05, 0.1) is 7.11 Å². The summed E-state index contributed by atoms with van der Waals surface area (Å²) in [5.74, 6) is 1.65. The first kappa shape index (κ1) is 19.8. The van der Waals surface area contributed by atoms with Gasteiger partial charge in [-0.2, -0.15) is 20.5 Å². The minimum absolute atomic E-state index is 0.140. The summed E-state index contributed by atoms with van der Waals surface area (Å²) < 4.78 is 34.2. The molecular formula is C18H20F2N2O3S. The second-order valence-electron chi connectivity index (χ2n) is 5.16. The summed E-state index contributed by atoms with van der Waals surface area (Å²) in [6, 6.07) is 13.9. The number of thioether (sulfide) groups is 1. The van der Waals surface area contributed by atoms with Crippen molar-refractivity contribution < 1.29 is 23.0 Å². The van der Waals surface area contributed by atoms with E-state index in [1.165, 1.54) is 24.8 Å². The van der Waals surface area contributed by atoms with Crippen molar-refractivity contribution in [3.63, 3.8) is 0 Å². The molecule has 0 atom stereocenters. The number of amides is 2. The van der Waals surface area contributed by atoms with Gasteiger partial charge in [-0.15, -0.1) is 0 Å². The fourth-order valence-corrected chi connectivity index (χ4v) is 2.94. The third-order valence-electron chi connectivity index (χ3n) is 3.28. The maximum atomic E-state index is 12.4. The molecule has 140 valence electrons. The Morgan fingerprint density at radius 2 is 1.92 bits per heavy atom. The molecule has 2 amide bonds. The molecule has 5 nitrogen and oxygen atoms in total. The summed E-state index contributed by atoms with van der Waals surface area (Å²) in [6.45, 7) is -2.49. The van der Waals surface area contributed by atoms with Crippen molar-refractivity contribution in [2.24, 2.45) is 0 Å². The highest BCUT2D eigenvalue weighted by atomic mass is 32.2. The zero-order valence-electron chi connectivity index (χ0n) is 14.2. The average Bonchev–Trinajstić information content (AvgIpc) is 2.62. The Kier molecular flexibility index (Phi) is 8.01. The number of benzene rings is 2. The van der Waals surface area contributed by atoms with Crippen LogP contribution in [0.3, 0.4) is 0 Å². The lowest BCUT2D eigenvalue weighted by Crippen LogP contribution is -2.30. The molecule has 0 aliphatic heterocycles. The first-order valence-electron chi connectivity index (χ1n) is 7.88. The number of urea groups is 1. The van der Waals surface area contributed by atoms with Gasteiger partial charge in [-0.3, -0.25) is 0 Å². The van der Waals surface area contributed by atoms with Crippen LogP contribution >= 0.6 is 11.8 Å². The molecule has 0 aliphatic rings. The minimum Gasteiger partial charge on any atom is -0.493 e. The number of nitrogens with one attached hydrogen (secondary N) is 2. The van der Waals surface area contributed by atoms with Gasteiger partial charge in [0.15, 0.2) is 11.5 Å². The van der Waals surface area contributed by atoms with Crippen molar-refractivity contribution in [3.8, 4) is 11.5 Å². The van der Waals surface area contributed by atoms with E-state index in [9.17, 15) is 13.6 Å². The lowest BCUT2D eigenvalue weighted by Gasteiger charge is -2.12. The highest BCUT2D eigenvalue weighted by molar-refractivity contribution is 7.98. The Balaban J connectivity index is 1.75. The monoisotopic (exact) mass is 382 g/mol. The fraction of sp³-hybridized carbons (Fsp3) is 0.278. The van der Waals surface area contributed by atoms with E-state index in [-0.39, 0.29) is 11.5 Å². The van der Waals surface area contributed by atoms with Crippen molar-refractivity contribution in [2.45, 2.75) is 12.4 Å². The molecule has 8 heteroatoms. The second-order valence-corrected chi connectivity index (χ2v) is 6.27. The fourth-order valence-electron chi connectivity index (χ4n) is 2.12. The Bertz CT molecular complexity index is 702. The van der Waals surface area contributed by atoms with Crippen LogP contribution in [-0.2, 0) is 5.75 Å². The van der Waals surface area contributed by atoms with Crippen LogP contribution in [-0.4, -0.2) is 32.1 Å². The summed E-state index contributed by atoms with van der Waals surface area (Å²) in [7, 11) is 1.35. The van der Waals surface area contributed by atoms with Gasteiger partial charge in [0.25, 0.3) is 0 Å². The number of halogens is 2. The van der Waals surface area contributed by atoms with E-state index in [1.807, 2.05) is 18.2 Å². The van der Waals surface area contributed by atoms with E-state index in [1.54, 1.807) is 17.8 Å². The van der Waals surface area contributed by atoms with Crippen molar-refractivity contribution in [1.82, 2.24) is 5.32 Å². The number of anilines is 1. The summed E-state index contributed by atoms with van der Waals surface area (Å²) in [4.78, 5) is 11.9. The number of rotatable bonds is 9. The number of carbonyl (C=O) groups is 1. The molecule has 2 rings (SSSR count). The van der Waals surface area contributed by atoms with Crippen molar-refractivity contribution in [1.29, 1.82) is 0 Å². The number of methoxy groups -OCH3 is 1. The molecule has 0 bridgehead atoms. The van der Waals surface area contributed by atoms with E-state index >= 15 is 0 Å². The highest BCUT2D eigenvalue weighted by Gasteiger charge is 2.12. The van der Waals surface area contributed by atoms with E-state index in [0.29, 0.717) is 12.2 Å². The normalized spacial score (nSPS) is 10.5. The van der Waals surface area contributed by atoms with Crippen LogP contribution in [0, 0.1) is 0 Å². The lowest BCUT2D eigenvalue weighted by atomic mass is 10.2. The van der Waals surface area contributed by atoms with Gasteiger partial charge in [-0.05, 0) is 17.7 Å². The third-order valence-corrected chi connectivity index (χ3v) is 4.31. The Morgan fingerprint density at radius 3 is 2.62 bits per heavy atom. The standard InChI is InChI=1S/C18H20F2N2O3S/c1-24-15-8-7-14(11-16(15)25-17(19)20)22-18(23)21-9-10-26-12-13-5-3-2-4-6-13/h2-8,11,17H,9-10,12H2,1H3,(H2,21,22,23). The molecule has 0 aromatic heterocycles. The highest BCUT2D eigenvalue weighted by Crippen LogP contribution is 2.31. The SMILES string of the molecule is COc1ccc(NC(=O)NCCSCc2ccccc2)cc1OC(F)F. The summed E-state index contributed by atoms with van der Waals surface area (Å²) in [6.07, 6.45) is 0. The van der Waals surface area contributed by atoms with E-state index in [2.05, 4.69) is 27.5 Å². The van der Waals surface area contributed by atoms with Crippen molar-refractivity contribution in [2.75, 3.05) is 24.7 Å². The Hall–Kier alpha value is -2.48. The van der Waals surface area contributed by atoms with Crippen LogP contribution in [0.1, 0.15) is 5.56 Å². The van der Waals surface area contributed by atoms with Gasteiger partial charge >= 0.3 is 12.6 Å². The van der Waals surface area contributed by atoms with Gasteiger partial charge in [-0.25, -0.2) is 4.79 Å². The first-order valence-corrected chi connectivity index (χ1v) is 9.03. The molecule has 0 fully saturated rings. The van der Waals surface area contributed by atoms with Crippen molar-refractivity contribution >= 4 is 23.5 Å². The average molecular weight is 382 g/mol. The molecule has 2 N–H and O–H groups in total. The van der Waals surface area contributed by atoms with Crippen molar-refractivity contribution in [3.05, 3.63) is 54.1 Å². The van der Waals surface area contributed by atoms with Gasteiger partial charge in [0.2, 0.25) is 0 Å². The van der Waals surface area contributed by atoms with Crippen LogP contribution in [0.5, 0.6) is 11.5 Å². The molecule has 0 unspecified atom stereocenters. The number of alkyl halides is 2. The predicted molar refractivity (Wildman–Crippen MR) is 99.3 cm³/mol. The zero-order valence-corrected chi connectivity index (χ0v) is 15.0. The Morgan fingerprint density at radius 1 is 1.15 bits per heavy atom. The maximum absolute atomic E-state index is 12.4. The molecule has 26 heavy (non-hydrogen) atoms. The quantitative estimate of drug-likeness (QED) is 0.633. The number of hydrogen-bond acceptors (Lipinski definition) is 4. The summed E-state index contributed by atoms with van der Waals surface area (Å²) >= 11 is 1.71. The molecular weight excluding hydrogens is 362 g/mol. The van der Waals surface area contributed by atoms with Gasteiger partial charge in [0.1, 0.15) is 0 Å². The molecule has 0 saturated carbocycles. The molecule has 2 aromatic rings. The number of carbonyl (C=O) groups excluding carboxylic acids is 1. The first-order chi connectivity index (χ1) is 12.6. The maximum Gasteiger partial charge on any atom is 0.387 e. The van der Waals surface area contributed by atoms with E-state index < -0.39 is 12.6 Å². The predicted octanol–water partition coefficient (Wildman–Crippen LogP) is 4.35. The topological polar surface area (TPSA) is 59.6 Å².